The minimum absolute atomic E-state index is 0.0109. The fourth-order valence-corrected chi connectivity index (χ4v) is 2.99. The van der Waals surface area contributed by atoms with E-state index < -0.39 is 10.8 Å². The third-order valence-electron chi connectivity index (χ3n) is 4.17. The number of carbonyl (C=O) groups is 1. The summed E-state index contributed by atoms with van der Waals surface area (Å²) < 4.78 is 11.2. The van der Waals surface area contributed by atoms with Gasteiger partial charge in [-0.05, 0) is 50.2 Å². The quantitative estimate of drug-likeness (QED) is 0.208. The van der Waals surface area contributed by atoms with Gasteiger partial charge in [0.1, 0.15) is 33.9 Å². The van der Waals surface area contributed by atoms with Crippen LogP contribution in [0, 0.1) is 21.4 Å². The zero-order valence-electron chi connectivity index (χ0n) is 17.2. The van der Waals surface area contributed by atoms with Crippen molar-refractivity contribution in [2.24, 2.45) is 0 Å². The smallest absolute Gasteiger partial charge is 0.288 e. The number of nitrogens with one attached hydrogen (secondary N) is 1. The van der Waals surface area contributed by atoms with Gasteiger partial charge in [-0.3, -0.25) is 14.9 Å². The van der Waals surface area contributed by atoms with Crippen LogP contribution >= 0.6 is 11.6 Å². The lowest BCUT2D eigenvalue weighted by Gasteiger charge is -2.11. The summed E-state index contributed by atoms with van der Waals surface area (Å²) in [7, 11) is 0. The largest absolute Gasteiger partial charge is 0.491 e. The number of hydrogen-bond acceptors (Lipinski definition) is 6. The molecule has 0 saturated carbocycles. The summed E-state index contributed by atoms with van der Waals surface area (Å²) in [4.78, 5) is 23.0. The van der Waals surface area contributed by atoms with Crippen molar-refractivity contribution in [3.05, 3.63) is 81.1 Å². The Morgan fingerprint density at radius 2 is 2.03 bits per heavy atom. The van der Waals surface area contributed by atoms with E-state index >= 15 is 0 Å². The van der Waals surface area contributed by atoms with Crippen molar-refractivity contribution in [2.75, 3.05) is 5.32 Å². The molecule has 0 fully saturated rings. The number of rotatable bonds is 7. The monoisotopic (exact) mass is 451 g/mol. The molecule has 0 spiro atoms. The van der Waals surface area contributed by atoms with Gasteiger partial charge in [0.2, 0.25) is 0 Å². The van der Waals surface area contributed by atoms with Gasteiger partial charge in [-0.2, -0.15) is 5.26 Å². The Bertz CT molecular complexity index is 1240. The van der Waals surface area contributed by atoms with Gasteiger partial charge in [0.05, 0.1) is 11.0 Å². The van der Waals surface area contributed by atoms with Gasteiger partial charge < -0.3 is 14.5 Å². The molecule has 2 aromatic carbocycles. The number of halogens is 1. The second-order valence-electron chi connectivity index (χ2n) is 6.94. The Hall–Kier alpha value is -4.09. The maximum atomic E-state index is 12.5. The van der Waals surface area contributed by atoms with Gasteiger partial charge in [-0.25, -0.2) is 0 Å². The number of ether oxygens (including phenoxy) is 1. The first-order valence-electron chi connectivity index (χ1n) is 9.51. The van der Waals surface area contributed by atoms with Crippen LogP contribution in [0.4, 0.5) is 11.4 Å². The van der Waals surface area contributed by atoms with Crippen molar-refractivity contribution in [2.45, 2.75) is 20.0 Å². The zero-order chi connectivity index (χ0) is 23.3. The summed E-state index contributed by atoms with van der Waals surface area (Å²) in [5.74, 6) is 0.538. The first-order valence-corrected chi connectivity index (χ1v) is 9.88. The number of nitriles is 1. The van der Waals surface area contributed by atoms with Crippen LogP contribution in [-0.2, 0) is 4.79 Å². The molecule has 1 aromatic heterocycles. The molecule has 0 bridgehead atoms. The molecule has 162 valence electrons. The van der Waals surface area contributed by atoms with Crippen LogP contribution in [0.2, 0.25) is 5.02 Å². The summed E-state index contributed by atoms with van der Waals surface area (Å²) in [6.07, 6.45) is 1.27. The molecule has 32 heavy (non-hydrogen) atoms. The molecule has 0 atom stereocenters. The standard InChI is InChI=1S/C23H18ClN3O5/c1-14(2)31-18-5-3-4-17(12-18)26-23(28)16(13-25)10-19-7-9-22(32-19)15-6-8-20(24)21(11-15)27(29)30/h3-12,14H,1-2H3,(H,26,28)/b16-10+. The maximum absolute atomic E-state index is 12.5. The normalized spacial score (nSPS) is 11.2. The average molecular weight is 452 g/mol. The van der Waals surface area contributed by atoms with E-state index in [1.165, 1.54) is 18.2 Å². The Morgan fingerprint density at radius 1 is 1.25 bits per heavy atom. The molecule has 0 aliphatic heterocycles. The second-order valence-corrected chi connectivity index (χ2v) is 7.35. The molecular weight excluding hydrogens is 434 g/mol. The van der Waals surface area contributed by atoms with Crippen LogP contribution in [0.15, 0.2) is 64.6 Å². The number of nitrogens with zero attached hydrogens (tertiary/aromatic N) is 2. The van der Waals surface area contributed by atoms with Crippen molar-refractivity contribution in [3.8, 4) is 23.1 Å². The van der Waals surface area contributed by atoms with Gasteiger partial charge >= 0.3 is 0 Å². The molecule has 0 unspecified atom stereocenters. The highest BCUT2D eigenvalue weighted by molar-refractivity contribution is 6.32. The first-order chi connectivity index (χ1) is 15.3. The fourth-order valence-electron chi connectivity index (χ4n) is 2.80. The number of nitro groups is 1. The van der Waals surface area contributed by atoms with Crippen LogP contribution in [0.5, 0.6) is 5.75 Å². The SMILES string of the molecule is CC(C)Oc1cccc(NC(=O)/C(C#N)=C/c2ccc(-c3ccc(Cl)c([N+](=O)[O-])c3)o2)c1. The third-order valence-corrected chi connectivity index (χ3v) is 4.49. The van der Waals surface area contributed by atoms with Crippen LogP contribution in [-0.4, -0.2) is 16.9 Å². The Kier molecular flexibility index (Phi) is 6.93. The van der Waals surface area contributed by atoms with Gasteiger partial charge in [-0.15, -0.1) is 0 Å². The zero-order valence-corrected chi connectivity index (χ0v) is 17.9. The van der Waals surface area contributed by atoms with Gasteiger partial charge in [0, 0.05) is 29.5 Å². The van der Waals surface area contributed by atoms with Crippen LogP contribution in [0.25, 0.3) is 17.4 Å². The van der Waals surface area contributed by atoms with E-state index in [0.29, 0.717) is 22.8 Å². The summed E-state index contributed by atoms with van der Waals surface area (Å²) in [6.45, 7) is 3.78. The second kappa shape index (κ2) is 9.81. The molecule has 9 heteroatoms. The van der Waals surface area contributed by atoms with E-state index in [4.69, 9.17) is 20.8 Å². The predicted molar refractivity (Wildman–Crippen MR) is 120 cm³/mol. The summed E-state index contributed by atoms with van der Waals surface area (Å²) in [6, 6.07) is 16.1. The summed E-state index contributed by atoms with van der Waals surface area (Å²) >= 11 is 5.84. The number of benzene rings is 2. The van der Waals surface area contributed by atoms with E-state index in [-0.39, 0.29) is 28.1 Å². The van der Waals surface area contributed by atoms with Crippen molar-refractivity contribution >= 4 is 35.0 Å². The number of hydrogen-bond donors (Lipinski definition) is 1. The molecule has 0 saturated heterocycles. The molecule has 1 heterocycles. The molecule has 1 amide bonds. The molecule has 1 N–H and O–H groups in total. The molecule has 3 aromatic rings. The average Bonchev–Trinajstić information content (AvgIpc) is 3.20. The molecule has 0 aliphatic carbocycles. The number of anilines is 1. The van der Waals surface area contributed by atoms with Crippen molar-refractivity contribution in [1.29, 1.82) is 5.26 Å². The minimum Gasteiger partial charge on any atom is -0.491 e. The molecular formula is C23H18ClN3O5. The topological polar surface area (TPSA) is 118 Å². The van der Waals surface area contributed by atoms with E-state index in [2.05, 4.69) is 5.32 Å². The Balaban J connectivity index is 1.80. The van der Waals surface area contributed by atoms with Gasteiger partial charge in [-0.1, -0.05) is 17.7 Å². The lowest BCUT2D eigenvalue weighted by molar-refractivity contribution is -0.384. The highest BCUT2D eigenvalue weighted by atomic mass is 35.5. The van der Waals surface area contributed by atoms with Crippen LogP contribution < -0.4 is 10.1 Å². The van der Waals surface area contributed by atoms with E-state index in [0.717, 1.165) is 0 Å². The Labute approximate surface area is 188 Å². The summed E-state index contributed by atoms with van der Waals surface area (Å²) in [5, 5.41) is 23.2. The summed E-state index contributed by atoms with van der Waals surface area (Å²) in [5.41, 5.74) is 0.482. The lowest BCUT2D eigenvalue weighted by atomic mass is 10.1. The van der Waals surface area contributed by atoms with Crippen molar-refractivity contribution in [1.82, 2.24) is 0 Å². The first kappa shape index (κ1) is 22.6. The van der Waals surface area contributed by atoms with Crippen LogP contribution in [0.1, 0.15) is 19.6 Å². The highest BCUT2D eigenvalue weighted by Gasteiger charge is 2.16. The molecule has 0 radical (unpaired) electrons. The van der Waals surface area contributed by atoms with Crippen molar-refractivity contribution in [3.63, 3.8) is 0 Å². The van der Waals surface area contributed by atoms with Gasteiger partial charge in [0.25, 0.3) is 11.6 Å². The highest BCUT2D eigenvalue weighted by Crippen LogP contribution is 2.31. The third kappa shape index (κ3) is 5.53. The Morgan fingerprint density at radius 3 is 2.72 bits per heavy atom. The van der Waals surface area contributed by atoms with E-state index in [1.807, 2.05) is 19.9 Å². The van der Waals surface area contributed by atoms with Gasteiger partial charge in [0.15, 0.2) is 0 Å². The predicted octanol–water partition coefficient (Wildman–Crippen LogP) is 5.84. The number of amides is 1. The fraction of sp³-hybridized carbons (Fsp3) is 0.130. The van der Waals surface area contributed by atoms with Crippen molar-refractivity contribution < 1.29 is 18.9 Å². The lowest BCUT2D eigenvalue weighted by Crippen LogP contribution is -2.13. The number of furan rings is 1. The van der Waals surface area contributed by atoms with E-state index in [1.54, 1.807) is 42.5 Å². The molecule has 3 rings (SSSR count). The number of nitro benzene ring substituents is 1. The molecule has 0 aliphatic rings. The van der Waals surface area contributed by atoms with E-state index in [9.17, 15) is 20.2 Å². The molecule has 8 nitrogen and oxygen atoms in total. The van der Waals surface area contributed by atoms with Crippen LogP contribution in [0.3, 0.4) is 0 Å². The maximum Gasteiger partial charge on any atom is 0.288 e. The number of carbonyl (C=O) groups excluding carboxylic acids is 1. The minimum atomic E-state index is -0.616.